The number of para-hydroxylation sites is 1. The third-order valence-corrected chi connectivity index (χ3v) is 4.50. The summed E-state index contributed by atoms with van der Waals surface area (Å²) in [6, 6.07) is 20.6. The first kappa shape index (κ1) is 19.0. The lowest BCUT2D eigenvalue weighted by molar-refractivity contribution is 0.306. The van der Waals surface area contributed by atoms with Crippen LogP contribution in [0, 0.1) is 5.82 Å². The molecule has 0 unspecified atom stereocenters. The van der Waals surface area contributed by atoms with Crippen molar-refractivity contribution in [3.05, 3.63) is 83.7 Å². The van der Waals surface area contributed by atoms with Gasteiger partial charge in [-0.2, -0.15) is 0 Å². The van der Waals surface area contributed by atoms with E-state index in [0.29, 0.717) is 17.9 Å². The van der Waals surface area contributed by atoms with Crippen LogP contribution < -0.4 is 9.47 Å². The van der Waals surface area contributed by atoms with E-state index in [2.05, 4.69) is 26.8 Å². The molecule has 0 aliphatic heterocycles. The maximum Gasteiger partial charge on any atom is 0.131 e. The molecule has 0 saturated heterocycles. The van der Waals surface area contributed by atoms with Crippen molar-refractivity contribution < 1.29 is 13.9 Å². The fraction of sp³-hybridized carbons (Fsp3) is 0.250. The van der Waals surface area contributed by atoms with Crippen molar-refractivity contribution in [3.63, 3.8) is 0 Å². The highest BCUT2D eigenvalue weighted by molar-refractivity contribution is 5.71. The summed E-state index contributed by atoms with van der Waals surface area (Å²) >= 11 is 0. The van der Waals surface area contributed by atoms with Crippen molar-refractivity contribution in [3.8, 4) is 22.6 Å². The summed E-state index contributed by atoms with van der Waals surface area (Å²) in [5.41, 5.74) is 3.41. The third kappa shape index (κ3) is 4.48. The van der Waals surface area contributed by atoms with Gasteiger partial charge in [-0.1, -0.05) is 57.2 Å². The number of ether oxygens (including phenoxy) is 2. The Balaban J connectivity index is 1.98. The average molecular weight is 364 g/mol. The van der Waals surface area contributed by atoms with E-state index in [1.165, 1.54) is 6.07 Å². The zero-order valence-electron chi connectivity index (χ0n) is 16.3. The quantitative estimate of drug-likeness (QED) is 0.523. The minimum absolute atomic E-state index is 0.145. The lowest BCUT2D eigenvalue weighted by atomic mass is 9.81. The van der Waals surface area contributed by atoms with E-state index in [0.717, 1.165) is 22.4 Å². The normalized spacial score (nSPS) is 11.3. The molecule has 0 aromatic heterocycles. The second-order valence-corrected chi connectivity index (χ2v) is 7.58. The van der Waals surface area contributed by atoms with E-state index in [4.69, 9.17) is 9.47 Å². The summed E-state index contributed by atoms with van der Waals surface area (Å²) in [4.78, 5) is 0. The molecule has 0 spiro atoms. The molecule has 0 fully saturated rings. The molecule has 3 aromatic rings. The van der Waals surface area contributed by atoms with Crippen LogP contribution in [0.25, 0.3) is 11.1 Å². The van der Waals surface area contributed by atoms with Crippen LogP contribution in [0.5, 0.6) is 11.5 Å². The lowest BCUT2D eigenvalue weighted by Gasteiger charge is -2.24. The highest BCUT2D eigenvalue weighted by atomic mass is 19.1. The largest absolute Gasteiger partial charge is 0.497 e. The van der Waals surface area contributed by atoms with Gasteiger partial charge in [0.1, 0.15) is 23.9 Å². The predicted octanol–water partition coefficient (Wildman–Crippen LogP) is 6.38. The molecule has 27 heavy (non-hydrogen) atoms. The van der Waals surface area contributed by atoms with Crippen LogP contribution in [0.15, 0.2) is 66.7 Å². The molecule has 0 aliphatic carbocycles. The Morgan fingerprint density at radius 2 is 1.56 bits per heavy atom. The molecule has 0 bridgehead atoms. The number of methoxy groups -OCH3 is 1. The minimum Gasteiger partial charge on any atom is -0.497 e. The zero-order chi connectivity index (χ0) is 19.4. The van der Waals surface area contributed by atoms with E-state index >= 15 is 0 Å². The molecular weight excluding hydrogens is 339 g/mol. The SMILES string of the molecule is COc1ccc(F)c(-c2ccc(COc3ccccc3)cc2C(C)(C)C)c1. The molecule has 0 amide bonds. The fourth-order valence-electron chi connectivity index (χ4n) is 3.06. The number of benzene rings is 3. The molecule has 0 saturated carbocycles. The van der Waals surface area contributed by atoms with Crippen LogP contribution in [-0.2, 0) is 12.0 Å². The molecular formula is C24H25FO2. The number of hydrogen-bond acceptors (Lipinski definition) is 2. The monoisotopic (exact) mass is 364 g/mol. The smallest absolute Gasteiger partial charge is 0.131 e. The molecule has 3 aromatic carbocycles. The number of halogens is 1. The number of rotatable bonds is 5. The van der Waals surface area contributed by atoms with Crippen molar-refractivity contribution in [1.82, 2.24) is 0 Å². The van der Waals surface area contributed by atoms with Crippen LogP contribution in [0.2, 0.25) is 0 Å². The van der Waals surface area contributed by atoms with Crippen LogP contribution in [0.4, 0.5) is 4.39 Å². The Bertz CT molecular complexity index is 911. The summed E-state index contributed by atoms with van der Waals surface area (Å²) in [6.45, 7) is 6.86. The van der Waals surface area contributed by atoms with Crippen molar-refractivity contribution in [2.45, 2.75) is 32.8 Å². The molecule has 3 rings (SSSR count). The lowest BCUT2D eigenvalue weighted by Crippen LogP contribution is -2.14. The fourth-order valence-corrected chi connectivity index (χ4v) is 3.06. The Hall–Kier alpha value is -2.81. The molecule has 0 atom stereocenters. The van der Waals surface area contributed by atoms with E-state index in [-0.39, 0.29) is 11.2 Å². The average Bonchev–Trinajstić information content (AvgIpc) is 2.67. The zero-order valence-corrected chi connectivity index (χ0v) is 16.3. The summed E-state index contributed by atoms with van der Waals surface area (Å²) in [7, 11) is 1.59. The summed E-state index contributed by atoms with van der Waals surface area (Å²) in [6.07, 6.45) is 0. The van der Waals surface area contributed by atoms with Gasteiger partial charge in [0.15, 0.2) is 0 Å². The first-order valence-electron chi connectivity index (χ1n) is 9.03. The summed E-state index contributed by atoms with van der Waals surface area (Å²) in [5, 5.41) is 0. The van der Waals surface area contributed by atoms with Gasteiger partial charge in [0.25, 0.3) is 0 Å². The highest BCUT2D eigenvalue weighted by Gasteiger charge is 2.21. The Kier molecular flexibility index (Phi) is 5.50. The molecule has 0 N–H and O–H groups in total. The van der Waals surface area contributed by atoms with E-state index in [1.54, 1.807) is 19.2 Å². The molecule has 0 heterocycles. The van der Waals surface area contributed by atoms with Crippen LogP contribution in [0.3, 0.4) is 0 Å². The Morgan fingerprint density at radius 3 is 2.22 bits per heavy atom. The van der Waals surface area contributed by atoms with Gasteiger partial charge >= 0.3 is 0 Å². The van der Waals surface area contributed by atoms with E-state index in [1.807, 2.05) is 42.5 Å². The van der Waals surface area contributed by atoms with Crippen LogP contribution >= 0.6 is 0 Å². The van der Waals surface area contributed by atoms with E-state index < -0.39 is 0 Å². The number of hydrogen-bond donors (Lipinski definition) is 0. The Labute approximate surface area is 160 Å². The second-order valence-electron chi connectivity index (χ2n) is 7.58. The molecule has 0 radical (unpaired) electrons. The van der Waals surface area contributed by atoms with Gasteiger partial charge in [-0.05, 0) is 52.4 Å². The predicted molar refractivity (Wildman–Crippen MR) is 108 cm³/mol. The van der Waals surface area contributed by atoms with Gasteiger partial charge in [0.2, 0.25) is 0 Å². The van der Waals surface area contributed by atoms with Gasteiger partial charge in [-0.15, -0.1) is 0 Å². The first-order valence-corrected chi connectivity index (χ1v) is 9.03. The van der Waals surface area contributed by atoms with E-state index in [9.17, 15) is 4.39 Å². The van der Waals surface area contributed by atoms with Crippen molar-refractivity contribution in [2.24, 2.45) is 0 Å². The standard InChI is InChI=1S/C24H25FO2/c1-24(2,3)22-14-17(16-27-18-8-6-5-7-9-18)10-12-20(22)21-15-19(26-4)11-13-23(21)25/h5-15H,16H2,1-4H3. The van der Waals surface area contributed by atoms with Gasteiger partial charge in [-0.3, -0.25) is 0 Å². The minimum atomic E-state index is -0.255. The molecule has 0 aliphatic rings. The first-order chi connectivity index (χ1) is 12.9. The van der Waals surface area contributed by atoms with Crippen molar-refractivity contribution >= 4 is 0 Å². The van der Waals surface area contributed by atoms with Crippen LogP contribution in [-0.4, -0.2) is 7.11 Å². The maximum atomic E-state index is 14.5. The van der Waals surface area contributed by atoms with Gasteiger partial charge in [-0.25, -0.2) is 4.39 Å². The van der Waals surface area contributed by atoms with Crippen LogP contribution in [0.1, 0.15) is 31.9 Å². The van der Waals surface area contributed by atoms with Crippen molar-refractivity contribution in [1.29, 1.82) is 0 Å². The third-order valence-electron chi connectivity index (χ3n) is 4.50. The van der Waals surface area contributed by atoms with Crippen molar-refractivity contribution in [2.75, 3.05) is 7.11 Å². The van der Waals surface area contributed by atoms with Gasteiger partial charge in [0, 0.05) is 5.56 Å². The second kappa shape index (κ2) is 7.83. The maximum absolute atomic E-state index is 14.5. The highest BCUT2D eigenvalue weighted by Crippen LogP contribution is 2.36. The molecule has 140 valence electrons. The van der Waals surface area contributed by atoms with Gasteiger partial charge in [0.05, 0.1) is 7.11 Å². The summed E-state index contributed by atoms with van der Waals surface area (Å²) < 4.78 is 25.7. The molecule has 2 nitrogen and oxygen atoms in total. The Morgan fingerprint density at radius 1 is 0.815 bits per heavy atom. The topological polar surface area (TPSA) is 18.5 Å². The summed E-state index contributed by atoms with van der Waals surface area (Å²) in [5.74, 6) is 1.22. The molecule has 3 heteroatoms. The van der Waals surface area contributed by atoms with Gasteiger partial charge < -0.3 is 9.47 Å².